The molecule has 0 bridgehead atoms. The number of non-ortho nitro benzene ring substituents is 1. The molecule has 5 heteroatoms. The van der Waals surface area contributed by atoms with Gasteiger partial charge in [0.1, 0.15) is 0 Å². The second kappa shape index (κ2) is 5.50. The number of nitro groups is 1. The first kappa shape index (κ1) is 13.5. The molecule has 0 aliphatic heterocycles. The molecule has 2 aliphatic carbocycles. The van der Waals surface area contributed by atoms with E-state index in [9.17, 15) is 15.2 Å². The Morgan fingerprint density at radius 1 is 1.20 bits per heavy atom. The molecular formula is C15H20N2O3. The van der Waals surface area contributed by atoms with Gasteiger partial charge in [-0.2, -0.15) is 0 Å². The molecule has 0 radical (unpaired) electrons. The van der Waals surface area contributed by atoms with Crippen molar-refractivity contribution in [1.82, 2.24) is 5.32 Å². The topological polar surface area (TPSA) is 75.4 Å². The molecular weight excluding hydrogens is 256 g/mol. The lowest BCUT2D eigenvalue weighted by molar-refractivity contribution is -0.384. The molecule has 1 aromatic rings. The first-order valence-corrected chi connectivity index (χ1v) is 7.31. The summed E-state index contributed by atoms with van der Waals surface area (Å²) in [7, 11) is 0. The summed E-state index contributed by atoms with van der Waals surface area (Å²) in [6.07, 6.45) is 4.63. The Labute approximate surface area is 118 Å². The van der Waals surface area contributed by atoms with E-state index in [0.717, 1.165) is 17.4 Å². The molecule has 0 heterocycles. The second-order valence-corrected chi connectivity index (χ2v) is 5.97. The SMILES string of the molecule is O=[N+]([O-])c1ccc(C(O)CNC(C2CC2)C2CC2)cc1. The maximum Gasteiger partial charge on any atom is 0.269 e. The van der Waals surface area contributed by atoms with Crippen molar-refractivity contribution in [1.29, 1.82) is 0 Å². The van der Waals surface area contributed by atoms with Crippen LogP contribution in [0.4, 0.5) is 5.69 Å². The van der Waals surface area contributed by atoms with Crippen LogP contribution in [0, 0.1) is 22.0 Å². The summed E-state index contributed by atoms with van der Waals surface area (Å²) in [5.41, 5.74) is 0.788. The predicted molar refractivity (Wildman–Crippen MR) is 75.3 cm³/mol. The Bertz CT molecular complexity index is 468. The van der Waals surface area contributed by atoms with Crippen molar-refractivity contribution in [3.05, 3.63) is 39.9 Å². The van der Waals surface area contributed by atoms with Crippen LogP contribution in [-0.2, 0) is 0 Å². The van der Waals surface area contributed by atoms with Gasteiger partial charge in [-0.15, -0.1) is 0 Å². The molecule has 20 heavy (non-hydrogen) atoms. The van der Waals surface area contributed by atoms with Gasteiger partial charge in [-0.1, -0.05) is 0 Å². The number of rotatable bonds is 7. The lowest BCUT2D eigenvalue weighted by Gasteiger charge is -2.20. The highest BCUT2D eigenvalue weighted by Crippen LogP contribution is 2.44. The van der Waals surface area contributed by atoms with E-state index in [-0.39, 0.29) is 5.69 Å². The van der Waals surface area contributed by atoms with Gasteiger partial charge in [0.15, 0.2) is 0 Å². The Kier molecular flexibility index (Phi) is 3.72. The molecule has 108 valence electrons. The Hall–Kier alpha value is -1.46. The molecule has 2 aliphatic rings. The lowest BCUT2D eigenvalue weighted by atomic mass is 10.1. The first-order chi connectivity index (χ1) is 9.65. The van der Waals surface area contributed by atoms with E-state index in [4.69, 9.17) is 0 Å². The Morgan fingerprint density at radius 3 is 2.20 bits per heavy atom. The number of nitrogens with one attached hydrogen (secondary N) is 1. The van der Waals surface area contributed by atoms with Crippen LogP contribution >= 0.6 is 0 Å². The molecule has 0 saturated heterocycles. The summed E-state index contributed by atoms with van der Waals surface area (Å²) in [6.45, 7) is 0.523. The molecule has 3 rings (SSSR count). The smallest absolute Gasteiger partial charge is 0.269 e. The van der Waals surface area contributed by atoms with E-state index in [2.05, 4.69) is 5.32 Å². The number of hydrogen-bond acceptors (Lipinski definition) is 4. The summed E-state index contributed by atoms with van der Waals surface area (Å²) in [5.74, 6) is 1.60. The maximum atomic E-state index is 10.6. The molecule has 0 spiro atoms. The van der Waals surface area contributed by atoms with E-state index >= 15 is 0 Å². The average Bonchev–Trinajstić information content (AvgIpc) is 3.32. The third kappa shape index (κ3) is 3.16. The van der Waals surface area contributed by atoms with Crippen LogP contribution < -0.4 is 5.32 Å². The fraction of sp³-hybridized carbons (Fsp3) is 0.600. The Morgan fingerprint density at radius 2 is 1.75 bits per heavy atom. The quantitative estimate of drug-likeness (QED) is 0.592. The highest BCUT2D eigenvalue weighted by Gasteiger charge is 2.41. The summed E-state index contributed by atoms with van der Waals surface area (Å²) in [5, 5.41) is 24.3. The van der Waals surface area contributed by atoms with Crippen LogP contribution in [0.15, 0.2) is 24.3 Å². The number of benzene rings is 1. The highest BCUT2D eigenvalue weighted by molar-refractivity contribution is 5.33. The Balaban J connectivity index is 1.55. The van der Waals surface area contributed by atoms with Crippen LogP contribution in [0.1, 0.15) is 37.4 Å². The van der Waals surface area contributed by atoms with Gasteiger partial charge in [-0.3, -0.25) is 10.1 Å². The van der Waals surface area contributed by atoms with Crippen molar-refractivity contribution in [3.63, 3.8) is 0 Å². The van der Waals surface area contributed by atoms with E-state index < -0.39 is 11.0 Å². The van der Waals surface area contributed by atoms with Gasteiger partial charge in [-0.25, -0.2) is 0 Å². The van der Waals surface area contributed by atoms with Crippen LogP contribution in [0.3, 0.4) is 0 Å². The second-order valence-electron chi connectivity index (χ2n) is 5.97. The van der Waals surface area contributed by atoms with Crippen LogP contribution in [0.25, 0.3) is 0 Å². The summed E-state index contributed by atoms with van der Waals surface area (Å²) in [4.78, 5) is 10.2. The third-order valence-corrected chi connectivity index (χ3v) is 4.30. The molecule has 1 unspecified atom stereocenters. The fourth-order valence-electron chi connectivity index (χ4n) is 2.81. The third-order valence-electron chi connectivity index (χ3n) is 4.30. The number of nitrogens with zero attached hydrogens (tertiary/aromatic N) is 1. The van der Waals surface area contributed by atoms with Crippen molar-refractivity contribution in [2.24, 2.45) is 11.8 Å². The van der Waals surface area contributed by atoms with Crippen LogP contribution in [0.5, 0.6) is 0 Å². The van der Waals surface area contributed by atoms with Crippen LogP contribution in [-0.4, -0.2) is 22.6 Å². The molecule has 1 aromatic carbocycles. The summed E-state index contributed by atoms with van der Waals surface area (Å²) < 4.78 is 0. The first-order valence-electron chi connectivity index (χ1n) is 7.31. The predicted octanol–water partition coefficient (Wildman–Crippen LogP) is 2.41. The number of aliphatic hydroxyl groups is 1. The van der Waals surface area contributed by atoms with Gasteiger partial charge >= 0.3 is 0 Å². The number of nitro benzene ring substituents is 1. The molecule has 5 nitrogen and oxygen atoms in total. The van der Waals surface area contributed by atoms with Gasteiger partial charge < -0.3 is 10.4 Å². The average molecular weight is 276 g/mol. The maximum absolute atomic E-state index is 10.6. The lowest BCUT2D eigenvalue weighted by Crippen LogP contribution is -2.36. The summed E-state index contributed by atoms with van der Waals surface area (Å²) >= 11 is 0. The van der Waals surface area contributed by atoms with Crippen molar-refractivity contribution in [3.8, 4) is 0 Å². The van der Waals surface area contributed by atoms with E-state index in [1.54, 1.807) is 12.1 Å². The van der Waals surface area contributed by atoms with Gasteiger partial charge in [0.25, 0.3) is 5.69 Å². The fourth-order valence-corrected chi connectivity index (χ4v) is 2.81. The summed E-state index contributed by atoms with van der Waals surface area (Å²) in [6, 6.07) is 6.71. The normalized spacial score (nSPS) is 20.1. The number of aliphatic hydroxyl groups excluding tert-OH is 1. The molecule has 2 N–H and O–H groups in total. The van der Waals surface area contributed by atoms with Gasteiger partial charge in [-0.05, 0) is 55.2 Å². The zero-order valence-electron chi connectivity index (χ0n) is 11.4. The molecule has 2 fully saturated rings. The van der Waals surface area contributed by atoms with Gasteiger partial charge in [0, 0.05) is 24.7 Å². The van der Waals surface area contributed by atoms with Crippen molar-refractivity contribution >= 4 is 5.69 Å². The minimum atomic E-state index is -0.601. The highest BCUT2D eigenvalue weighted by atomic mass is 16.6. The van der Waals surface area contributed by atoms with Gasteiger partial charge in [0.2, 0.25) is 0 Å². The molecule has 1 atom stereocenters. The van der Waals surface area contributed by atoms with Crippen molar-refractivity contribution in [2.45, 2.75) is 37.8 Å². The van der Waals surface area contributed by atoms with E-state index in [0.29, 0.717) is 12.6 Å². The van der Waals surface area contributed by atoms with Crippen LogP contribution in [0.2, 0.25) is 0 Å². The minimum Gasteiger partial charge on any atom is -0.387 e. The monoisotopic (exact) mass is 276 g/mol. The largest absolute Gasteiger partial charge is 0.387 e. The molecule has 0 aromatic heterocycles. The molecule has 2 saturated carbocycles. The standard InChI is InChI=1S/C15H20N2O3/c18-14(10-5-7-13(8-6-10)17(19)20)9-16-15(11-1-2-11)12-3-4-12/h5-8,11-12,14-16,18H,1-4,9H2. The van der Waals surface area contributed by atoms with E-state index in [1.165, 1.54) is 37.8 Å². The molecule has 0 amide bonds. The number of hydrogen-bond donors (Lipinski definition) is 2. The zero-order valence-corrected chi connectivity index (χ0v) is 11.4. The van der Waals surface area contributed by atoms with E-state index in [1.807, 2.05) is 0 Å². The van der Waals surface area contributed by atoms with Crippen molar-refractivity contribution < 1.29 is 10.0 Å². The minimum absolute atomic E-state index is 0.0581. The zero-order chi connectivity index (χ0) is 14.1. The van der Waals surface area contributed by atoms with Crippen molar-refractivity contribution in [2.75, 3.05) is 6.54 Å². The van der Waals surface area contributed by atoms with Gasteiger partial charge in [0.05, 0.1) is 11.0 Å².